The molecule has 3 aliphatic heterocycles. The quantitative estimate of drug-likeness (QED) is 0.656. The normalized spacial score (nSPS) is 18.3. The number of ether oxygens (including phenoxy) is 3. The number of rotatable bonds is 2. The summed E-state index contributed by atoms with van der Waals surface area (Å²) in [4.78, 5) is 15.1. The van der Waals surface area contributed by atoms with Gasteiger partial charge in [-0.2, -0.15) is 0 Å². The molecule has 1 unspecified atom stereocenters. The Bertz CT molecular complexity index is 1120. The number of fused-ring (bicyclic) bond motifs is 3. The Morgan fingerprint density at radius 2 is 1.89 bits per heavy atom. The Hall–Kier alpha value is -3.12. The van der Waals surface area contributed by atoms with Crippen LogP contribution in [0.5, 0.6) is 23.0 Å². The lowest BCUT2D eigenvalue weighted by Crippen LogP contribution is -2.28. The van der Waals surface area contributed by atoms with E-state index in [9.17, 15) is 4.79 Å². The first-order chi connectivity index (χ1) is 13.2. The van der Waals surface area contributed by atoms with Crippen LogP contribution in [-0.4, -0.2) is 12.7 Å². The van der Waals surface area contributed by atoms with Crippen LogP contribution in [0.4, 0.5) is 5.69 Å². The maximum atomic E-state index is 13.4. The van der Waals surface area contributed by atoms with Gasteiger partial charge in [0.1, 0.15) is 17.3 Å². The van der Waals surface area contributed by atoms with Crippen molar-refractivity contribution < 1.29 is 23.4 Å². The molecule has 0 aliphatic carbocycles. The molecular weight excluding hydrogens is 370 g/mol. The van der Waals surface area contributed by atoms with Gasteiger partial charge in [-0.3, -0.25) is 4.79 Å². The molecule has 0 fully saturated rings. The molecule has 1 amide bonds. The summed E-state index contributed by atoms with van der Waals surface area (Å²) in [6.45, 7) is 0.471. The molecule has 0 N–H and O–H groups in total. The smallest absolute Gasteiger partial charge is 0.239 e. The number of furan rings is 1. The maximum absolute atomic E-state index is 13.4. The highest BCUT2D eigenvalue weighted by molar-refractivity contribution is 6.28. The molecule has 0 saturated carbocycles. The first-order valence-electron chi connectivity index (χ1n) is 8.49. The van der Waals surface area contributed by atoms with Crippen LogP contribution >= 0.6 is 11.6 Å². The number of halogens is 1. The lowest BCUT2D eigenvalue weighted by atomic mass is 9.89. The van der Waals surface area contributed by atoms with E-state index in [1.807, 2.05) is 24.3 Å². The fourth-order valence-electron chi connectivity index (χ4n) is 3.96. The zero-order valence-electron chi connectivity index (χ0n) is 13.9. The van der Waals surface area contributed by atoms with E-state index in [0.717, 1.165) is 16.8 Å². The lowest BCUT2D eigenvalue weighted by molar-refractivity contribution is -0.118. The molecule has 134 valence electrons. The third kappa shape index (κ3) is 2.04. The first kappa shape index (κ1) is 15.0. The van der Waals surface area contributed by atoms with Gasteiger partial charge in [0.15, 0.2) is 16.7 Å². The van der Waals surface area contributed by atoms with E-state index in [-0.39, 0.29) is 12.7 Å². The Kier molecular flexibility index (Phi) is 2.89. The molecule has 1 atom stereocenters. The zero-order chi connectivity index (χ0) is 18.1. The number of nitrogens with zero attached hydrogens (tertiary/aromatic N) is 1. The molecule has 7 heteroatoms. The summed E-state index contributed by atoms with van der Waals surface area (Å²) in [6, 6.07) is 12.7. The Labute approximate surface area is 158 Å². The number of carbonyl (C=O) groups excluding carboxylic acids is 1. The fourth-order valence-corrected chi connectivity index (χ4v) is 4.12. The molecule has 2 aromatic carbocycles. The van der Waals surface area contributed by atoms with Crippen molar-refractivity contribution in [1.82, 2.24) is 0 Å². The van der Waals surface area contributed by atoms with E-state index in [4.69, 9.17) is 30.2 Å². The monoisotopic (exact) mass is 381 g/mol. The van der Waals surface area contributed by atoms with E-state index in [1.165, 1.54) is 0 Å². The topological polar surface area (TPSA) is 61.1 Å². The summed E-state index contributed by atoms with van der Waals surface area (Å²) in [5.41, 5.74) is 2.47. The van der Waals surface area contributed by atoms with Crippen LogP contribution in [0.3, 0.4) is 0 Å². The van der Waals surface area contributed by atoms with Crippen LogP contribution in [0, 0.1) is 0 Å². The summed E-state index contributed by atoms with van der Waals surface area (Å²) < 4.78 is 22.5. The maximum Gasteiger partial charge on any atom is 0.239 e. The van der Waals surface area contributed by atoms with Gasteiger partial charge >= 0.3 is 0 Å². The Balaban J connectivity index is 1.49. The molecule has 6 rings (SSSR count). The Morgan fingerprint density at radius 3 is 2.70 bits per heavy atom. The predicted molar refractivity (Wildman–Crippen MR) is 95.8 cm³/mol. The molecule has 1 aromatic heterocycles. The summed E-state index contributed by atoms with van der Waals surface area (Å²) in [5, 5.41) is 0.299. The van der Waals surface area contributed by atoms with E-state index in [2.05, 4.69) is 0 Å². The van der Waals surface area contributed by atoms with Crippen LogP contribution in [0.1, 0.15) is 22.8 Å². The predicted octanol–water partition coefficient (Wildman–Crippen LogP) is 4.45. The van der Waals surface area contributed by atoms with E-state index >= 15 is 0 Å². The van der Waals surface area contributed by atoms with E-state index in [1.54, 1.807) is 23.1 Å². The molecule has 27 heavy (non-hydrogen) atoms. The molecule has 4 heterocycles. The number of anilines is 1. The highest BCUT2D eigenvalue weighted by Crippen LogP contribution is 2.55. The summed E-state index contributed by atoms with van der Waals surface area (Å²) in [7, 11) is 0. The van der Waals surface area contributed by atoms with Crippen molar-refractivity contribution in [2.45, 2.75) is 12.5 Å². The molecule has 3 aromatic rings. The van der Waals surface area contributed by atoms with Crippen molar-refractivity contribution in [3.05, 3.63) is 64.6 Å². The van der Waals surface area contributed by atoms with Gasteiger partial charge in [-0.25, -0.2) is 0 Å². The lowest BCUT2D eigenvalue weighted by Gasteiger charge is -2.23. The second kappa shape index (κ2) is 5.20. The molecule has 0 bridgehead atoms. The first-order valence-corrected chi connectivity index (χ1v) is 8.87. The van der Waals surface area contributed by atoms with Crippen LogP contribution in [0.25, 0.3) is 0 Å². The van der Waals surface area contributed by atoms with E-state index in [0.29, 0.717) is 40.5 Å². The third-order valence-corrected chi connectivity index (χ3v) is 5.32. The minimum Gasteiger partial charge on any atom is -0.456 e. The molecule has 3 aliphatic rings. The molecule has 6 nitrogen and oxygen atoms in total. The fraction of sp³-hybridized carbons (Fsp3) is 0.150. The number of amides is 1. The van der Waals surface area contributed by atoms with Crippen molar-refractivity contribution in [1.29, 1.82) is 0 Å². The van der Waals surface area contributed by atoms with Crippen molar-refractivity contribution in [3.8, 4) is 23.0 Å². The Morgan fingerprint density at radius 1 is 1.04 bits per heavy atom. The van der Waals surface area contributed by atoms with Gasteiger partial charge in [-0.05, 0) is 41.9 Å². The van der Waals surface area contributed by atoms with Crippen molar-refractivity contribution in [3.63, 3.8) is 0 Å². The van der Waals surface area contributed by atoms with Gasteiger partial charge in [0.2, 0.25) is 12.7 Å². The average molecular weight is 382 g/mol. The van der Waals surface area contributed by atoms with Gasteiger partial charge in [0.25, 0.3) is 0 Å². The van der Waals surface area contributed by atoms with Gasteiger partial charge in [0, 0.05) is 17.2 Å². The minimum absolute atomic E-state index is 0.0339. The van der Waals surface area contributed by atoms with Gasteiger partial charge < -0.3 is 23.5 Å². The molecule has 0 saturated heterocycles. The molecule has 0 spiro atoms. The van der Waals surface area contributed by atoms with Gasteiger partial charge in [-0.1, -0.05) is 6.07 Å². The minimum atomic E-state index is -0.445. The van der Waals surface area contributed by atoms with Crippen LogP contribution in [-0.2, 0) is 11.3 Å². The third-order valence-electron chi connectivity index (χ3n) is 5.11. The second-order valence-corrected chi connectivity index (χ2v) is 6.97. The molecule has 0 radical (unpaired) electrons. The number of benzene rings is 2. The number of hydrogen-bond donors (Lipinski definition) is 0. The van der Waals surface area contributed by atoms with Crippen molar-refractivity contribution in [2.24, 2.45) is 0 Å². The highest BCUT2D eigenvalue weighted by Gasteiger charge is 2.45. The summed E-state index contributed by atoms with van der Waals surface area (Å²) in [5.74, 6) is 2.69. The standard InChI is InChI=1S/C20H12ClNO5/c21-17-5-4-10(26-17)8-22-12-2-1-3-13-19(12)18(20(22)23)11-6-15-16(25-9-24-15)7-14(11)27-13/h1-7,18H,8-9H2. The largest absolute Gasteiger partial charge is 0.456 e. The van der Waals surface area contributed by atoms with Gasteiger partial charge in [0.05, 0.1) is 18.2 Å². The van der Waals surface area contributed by atoms with E-state index < -0.39 is 5.92 Å². The van der Waals surface area contributed by atoms with Gasteiger partial charge in [-0.15, -0.1) is 0 Å². The average Bonchev–Trinajstić information content (AvgIpc) is 3.35. The van der Waals surface area contributed by atoms with Crippen molar-refractivity contribution >= 4 is 23.2 Å². The number of hydrogen-bond acceptors (Lipinski definition) is 5. The van der Waals surface area contributed by atoms with Crippen molar-refractivity contribution in [2.75, 3.05) is 11.7 Å². The van der Waals surface area contributed by atoms with Crippen LogP contribution in [0.15, 0.2) is 46.9 Å². The highest BCUT2D eigenvalue weighted by atomic mass is 35.5. The van der Waals surface area contributed by atoms with Crippen LogP contribution < -0.4 is 19.1 Å². The molecular formula is C20H12ClNO5. The van der Waals surface area contributed by atoms with Crippen LogP contribution in [0.2, 0.25) is 5.22 Å². The second-order valence-electron chi connectivity index (χ2n) is 6.60. The zero-order valence-corrected chi connectivity index (χ0v) is 14.7. The number of carbonyl (C=O) groups is 1. The summed E-state index contributed by atoms with van der Waals surface area (Å²) in [6.07, 6.45) is 0. The summed E-state index contributed by atoms with van der Waals surface area (Å²) >= 11 is 5.88. The SMILES string of the molecule is O=C1C2c3cc4c(cc3Oc3cccc(c32)N1Cc1ccc(Cl)o1)OCO4.